The van der Waals surface area contributed by atoms with E-state index in [0.717, 1.165) is 12.0 Å². The van der Waals surface area contributed by atoms with Crippen molar-refractivity contribution < 1.29 is 14.6 Å². The third-order valence-corrected chi connectivity index (χ3v) is 2.00. The summed E-state index contributed by atoms with van der Waals surface area (Å²) >= 11 is 0. The molecule has 0 aliphatic heterocycles. The number of carboxylic acid groups (broad SMARTS) is 1. The van der Waals surface area contributed by atoms with E-state index in [4.69, 9.17) is 9.84 Å². The summed E-state index contributed by atoms with van der Waals surface area (Å²) in [6.45, 7) is 6.20. The molecule has 1 aromatic carbocycles. The Labute approximate surface area is 96.1 Å². The number of hydrogen-bond donors (Lipinski definition) is 1. The third kappa shape index (κ3) is 4.82. The van der Waals surface area contributed by atoms with Crippen LogP contribution in [0.2, 0.25) is 0 Å². The summed E-state index contributed by atoms with van der Waals surface area (Å²) in [6.07, 6.45) is 0.942. The zero-order valence-corrected chi connectivity index (χ0v) is 9.99. The molecule has 0 saturated carbocycles. The van der Waals surface area contributed by atoms with Crippen molar-refractivity contribution in [1.29, 1.82) is 0 Å². The van der Waals surface area contributed by atoms with E-state index < -0.39 is 5.97 Å². The first kappa shape index (κ1) is 12.6. The topological polar surface area (TPSA) is 46.5 Å². The van der Waals surface area contributed by atoms with Crippen LogP contribution in [0.3, 0.4) is 0 Å². The second-order valence-corrected chi connectivity index (χ2v) is 5.07. The molecule has 1 aromatic rings. The molecule has 0 bridgehead atoms. The van der Waals surface area contributed by atoms with Gasteiger partial charge in [0, 0.05) is 0 Å². The van der Waals surface area contributed by atoms with Gasteiger partial charge in [-0.1, -0.05) is 32.9 Å². The van der Waals surface area contributed by atoms with Crippen LogP contribution in [0.25, 0.3) is 0 Å². The molecule has 88 valence electrons. The average molecular weight is 222 g/mol. The average Bonchev–Trinajstić information content (AvgIpc) is 2.12. The maximum Gasteiger partial charge on any atom is 0.341 e. The fraction of sp³-hybridized carbons (Fsp3) is 0.462. The second kappa shape index (κ2) is 5.01. The first-order chi connectivity index (χ1) is 7.37. The van der Waals surface area contributed by atoms with Crippen molar-refractivity contribution in [2.45, 2.75) is 27.2 Å². The summed E-state index contributed by atoms with van der Waals surface area (Å²) in [5.74, 6) is -0.342. The lowest BCUT2D eigenvalue weighted by molar-refractivity contribution is -0.139. The van der Waals surface area contributed by atoms with Gasteiger partial charge >= 0.3 is 5.97 Å². The Hall–Kier alpha value is -1.51. The third-order valence-electron chi connectivity index (χ3n) is 2.00. The van der Waals surface area contributed by atoms with Crippen LogP contribution in [0, 0.1) is 5.41 Å². The number of hydrogen-bond acceptors (Lipinski definition) is 2. The molecule has 0 heterocycles. The second-order valence-electron chi connectivity index (χ2n) is 5.07. The highest BCUT2D eigenvalue weighted by Crippen LogP contribution is 2.23. The van der Waals surface area contributed by atoms with Crippen LogP contribution in [0.5, 0.6) is 5.75 Å². The monoisotopic (exact) mass is 222 g/mol. The van der Waals surface area contributed by atoms with E-state index in [-0.39, 0.29) is 12.0 Å². The summed E-state index contributed by atoms with van der Waals surface area (Å²) in [4.78, 5) is 10.4. The molecule has 0 aliphatic rings. The standard InChI is InChI=1S/C13H18O3/c1-13(2,3)8-10-5-4-6-11(7-10)16-9-12(14)15/h4-7H,8-9H2,1-3H3,(H,14,15). The molecular weight excluding hydrogens is 204 g/mol. The number of aliphatic carboxylic acids is 1. The number of rotatable bonds is 4. The summed E-state index contributed by atoms with van der Waals surface area (Å²) in [5.41, 5.74) is 1.38. The van der Waals surface area contributed by atoms with Crippen molar-refractivity contribution >= 4 is 5.97 Å². The van der Waals surface area contributed by atoms with Gasteiger partial charge in [0.1, 0.15) is 5.75 Å². The molecule has 0 aromatic heterocycles. The van der Waals surface area contributed by atoms with E-state index >= 15 is 0 Å². The summed E-state index contributed by atoms with van der Waals surface area (Å²) in [6, 6.07) is 7.58. The molecule has 3 heteroatoms. The normalized spacial score (nSPS) is 11.2. The van der Waals surface area contributed by atoms with Crippen molar-refractivity contribution in [3.05, 3.63) is 29.8 Å². The molecule has 0 atom stereocenters. The van der Waals surface area contributed by atoms with Gasteiger partial charge in [-0.2, -0.15) is 0 Å². The van der Waals surface area contributed by atoms with Crippen molar-refractivity contribution in [3.8, 4) is 5.75 Å². The Bertz CT molecular complexity index is 364. The Morgan fingerprint density at radius 3 is 2.62 bits per heavy atom. The summed E-state index contributed by atoms with van der Waals surface area (Å²) in [7, 11) is 0. The minimum atomic E-state index is -0.957. The molecule has 0 saturated heterocycles. The first-order valence-electron chi connectivity index (χ1n) is 5.30. The molecular formula is C13H18O3. The Morgan fingerprint density at radius 2 is 2.06 bits per heavy atom. The van der Waals surface area contributed by atoms with Crippen LogP contribution in [0.15, 0.2) is 24.3 Å². The number of carbonyl (C=O) groups is 1. The lowest BCUT2D eigenvalue weighted by atomic mass is 9.88. The van der Waals surface area contributed by atoms with Crippen LogP contribution in [0.4, 0.5) is 0 Å². The molecule has 3 nitrogen and oxygen atoms in total. The smallest absolute Gasteiger partial charge is 0.341 e. The van der Waals surface area contributed by atoms with Crippen LogP contribution in [0.1, 0.15) is 26.3 Å². The van der Waals surface area contributed by atoms with Crippen LogP contribution < -0.4 is 4.74 Å². The Balaban J connectivity index is 2.67. The predicted molar refractivity (Wildman–Crippen MR) is 62.7 cm³/mol. The predicted octanol–water partition coefficient (Wildman–Crippen LogP) is 2.74. The molecule has 0 spiro atoms. The lowest BCUT2D eigenvalue weighted by Gasteiger charge is -2.18. The summed E-state index contributed by atoms with van der Waals surface area (Å²) < 4.78 is 5.12. The SMILES string of the molecule is CC(C)(C)Cc1cccc(OCC(=O)O)c1. The van der Waals surface area contributed by atoms with E-state index in [1.807, 2.05) is 18.2 Å². The van der Waals surface area contributed by atoms with Crippen LogP contribution >= 0.6 is 0 Å². The highest BCUT2D eigenvalue weighted by atomic mass is 16.5. The highest BCUT2D eigenvalue weighted by Gasteiger charge is 2.11. The van der Waals surface area contributed by atoms with Crippen molar-refractivity contribution in [2.75, 3.05) is 6.61 Å². The molecule has 1 rings (SSSR count). The fourth-order valence-corrected chi connectivity index (χ4v) is 1.50. The minimum absolute atomic E-state index is 0.214. The maximum absolute atomic E-state index is 10.4. The van der Waals surface area contributed by atoms with Gasteiger partial charge in [-0.15, -0.1) is 0 Å². The van der Waals surface area contributed by atoms with Crippen molar-refractivity contribution in [3.63, 3.8) is 0 Å². The van der Waals surface area contributed by atoms with Gasteiger partial charge in [-0.05, 0) is 29.5 Å². The Kier molecular flexibility index (Phi) is 3.93. The molecule has 0 fully saturated rings. The molecule has 0 aliphatic carbocycles. The van der Waals surface area contributed by atoms with E-state index in [1.165, 1.54) is 0 Å². The van der Waals surface area contributed by atoms with Crippen molar-refractivity contribution in [1.82, 2.24) is 0 Å². The van der Waals surface area contributed by atoms with E-state index in [1.54, 1.807) is 6.07 Å². The summed E-state index contributed by atoms with van der Waals surface area (Å²) in [5, 5.41) is 8.51. The first-order valence-corrected chi connectivity index (χ1v) is 5.30. The van der Waals surface area contributed by atoms with Gasteiger partial charge in [0.25, 0.3) is 0 Å². The van der Waals surface area contributed by atoms with Gasteiger partial charge in [0.05, 0.1) is 0 Å². The van der Waals surface area contributed by atoms with Gasteiger partial charge < -0.3 is 9.84 Å². The number of carboxylic acids is 1. The number of ether oxygens (including phenoxy) is 1. The largest absolute Gasteiger partial charge is 0.482 e. The maximum atomic E-state index is 10.4. The minimum Gasteiger partial charge on any atom is -0.482 e. The molecule has 16 heavy (non-hydrogen) atoms. The lowest BCUT2D eigenvalue weighted by Crippen LogP contribution is -2.11. The zero-order chi connectivity index (χ0) is 12.2. The Morgan fingerprint density at radius 1 is 1.38 bits per heavy atom. The van der Waals surface area contributed by atoms with Gasteiger partial charge in [-0.25, -0.2) is 4.79 Å². The quantitative estimate of drug-likeness (QED) is 0.852. The van der Waals surface area contributed by atoms with Gasteiger partial charge in [-0.3, -0.25) is 0 Å². The number of benzene rings is 1. The molecule has 0 radical (unpaired) electrons. The van der Waals surface area contributed by atoms with Crippen molar-refractivity contribution in [2.24, 2.45) is 5.41 Å². The van der Waals surface area contributed by atoms with E-state index in [9.17, 15) is 4.79 Å². The fourth-order valence-electron chi connectivity index (χ4n) is 1.50. The zero-order valence-electron chi connectivity index (χ0n) is 9.99. The van der Waals surface area contributed by atoms with E-state index in [0.29, 0.717) is 5.75 Å². The van der Waals surface area contributed by atoms with Crippen LogP contribution in [-0.2, 0) is 11.2 Å². The molecule has 0 amide bonds. The van der Waals surface area contributed by atoms with Gasteiger partial charge in [0.2, 0.25) is 0 Å². The van der Waals surface area contributed by atoms with E-state index in [2.05, 4.69) is 20.8 Å². The van der Waals surface area contributed by atoms with Gasteiger partial charge in [0.15, 0.2) is 6.61 Å². The highest BCUT2D eigenvalue weighted by molar-refractivity contribution is 5.68. The molecule has 0 unspecified atom stereocenters. The van der Waals surface area contributed by atoms with Crippen LogP contribution in [-0.4, -0.2) is 17.7 Å². The molecule has 1 N–H and O–H groups in total.